The van der Waals surface area contributed by atoms with Crippen molar-refractivity contribution in [1.29, 1.82) is 5.26 Å². The van der Waals surface area contributed by atoms with Crippen molar-refractivity contribution in [2.75, 3.05) is 0 Å². The van der Waals surface area contributed by atoms with Crippen molar-refractivity contribution in [3.63, 3.8) is 0 Å². The van der Waals surface area contributed by atoms with Gasteiger partial charge in [-0.05, 0) is 24.6 Å². The zero-order chi connectivity index (χ0) is 14.7. The lowest BCUT2D eigenvalue weighted by Gasteiger charge is -2.07. The van der Waals surface area contributed by atoms with Gasteiger partial charge in [-0.3, -0.25) is 10.1 Å². The molecule has 0 fully saturated rings. The van der Waals surface area contributed by atoms with Crippen LogP contribution in [0, 0.1) is 28.4 Å². The third-order valence-electron chi connectivity index (χ3n) is 2.42. The van der Waals surface area contributed by atoms with Crippen LogP contribution in [-0.4, -0.2) is 15.0 Å². The summed E-state index contributed by atoms with van der Waals surface area (Å²) in [6, 6.07) is 7.41. The van der Waals surface area contributed by atoms with Gasteiger partial charge >= 0.3 is 0 Å². The molecule has 1 aromatic carbocycles. The molecule has 1 heterocycles. The molecule has 2 rings (SSSR count). The van der Waals surface area contributed by atoms with Crippen LogP contribution in [0.15, 0.2) is 30.5 Å². The van der Waals surface area contributed by atoms with E-state index in [0.29, 0.717) is 5.75 Å². The van der Waals surface area contributed by atoms with Gasteiger partial charge in [0, 0.05) is 12.1 Å². The molecular formula is C13H9N3O4. The average Bonchev–Trinajstić information content (AvgIpc) is 2.37. The van der Waals surface area contributed by atoms with Gasteiger partial charge in [0.15, 0.2) is 0 Å². The average molecular weight is 271 g/mol. The van der Waals surface area contributed by atoms with Gasteiger partial charge in [0.25, 0.3) is 5.69 Å². The molecule has 0 aliphatic carbocycles. The number of nitrogens with zero attached hydrogens (tertiary/aromatic N) is 3. The molecule has 0 unspecified atom stereocenters. The summed E-state index contributed by atoms with van der Waals surface area (Å²) in [4.78, 5) is 13.7. The molecule has 0 aliphatic rings. The molecule has 1 aromatic heterocycles. The molecule has 1 N–H and O–H groups in total. The predicted molar refractivity (Wildman–Crippen MR) is 68.5 cm³/mol. The van der Waals surface area contributed by atoms with Crippen LogP contribution >= 0.6 is 0 Å². The number of pyridine rings is 1. The van der Waals surface area contributed by atoms with Crippen LogP contribution in [0.5, 0.6) is 17.4 Å². The van der Waals surface area contributed by atoms with Crippen LogP contribution in [0.1, 0.15) is 11.1 Å². The van der Waals surface area contributed by atoms with Crippen LogP contribution in [0.2, 0.25) is 0 Å². The highest BCUT2D eigenvalue weighted by Gasteiger charge is 2.14. The van der Waals surface area contributed by atoms with E-state index in [2.05, 4.69) is 4.98 Å². The highest BCUT2D eigenvalue weighted by atomic mass is 16.6. The van der Waals surface area contributed by atoms with Crippen molar-refractivity contribution in [3.05, 3.63) is 51.7 Å². The molecule has 0 radical (unpaired) electrons. The van der Waals surface area contributed by atoms with Crippen molar-refractivity contribution in [3.8, 4) is 23.4 Å². The lowest BCUT2D eigenvalue weighted by molar-refractivity contribution is -0.385. The molecule has 7 heteroatoms. The first-order chi connectivity index (χ1) is 9.49. The Labute approximate surface area is 113 Å². The Kier molecular flexibility index (Phi) is 3.48. The SMILES string of the molecule is Cc1cc(O)cc(Oc2ncc([N+](=O)[O-])cc2C#N)c1. The monoisotopic (exact) mass is 271 g/mol. The maximum absolute atomic E-state index is 10.6. The van der Waals surface area contributed by atoms with Crippen LogP contribution in [-0.2, 0) is 0 Å². The number of nitro groups is 1. The molecule has 0 atom stereocenters. The molecule has 20 heavy (non-hydrogen) atoms. The standard InChI is InChI=1S/C13H9N3O4/c1-8-2-11(17)5-12(3-8)20-13-9(6-14)4-10(7-15-13)16(18)19/h2-5,7,17H,1H3. The molecule has 0 saturated carbocycles. The van der Waals surface area contributed by atoms with Gasteiger partial charge in [0.1, 0.15) is 29.3 Å². The first-order valence-electron chi connectivity index (χ1n) is 5.52. The van der Waals surface area contributed by atoms with Crippen molar-refractivity contribution in [1.82, 2.24) is 4.98 Å². The highest BCUT2D eigenvalue weighted by molar-refractivity contribution is 5.47. The summed E-state index contributed by atoms with van der Waals surface area (Å²) in [5.41, 5.74) is 0.418. The number of ether oxygens (including phenoxy) is 1. The summed E-state index contributed by atoms with van der Waals surface area (Å²) in [7, 11) is 0. The van der Waals surface area contributed by atoms with Crippen molar-refractivity contribution >= 4 is 5.69 Å². The van der Waals surface area contributed by atoms with Crippen LogP contribution in [0.4, 0.5) is 5.69 Å². The number of aromatic hydroxyl groups is 1. The molecule has 7 nitrogen and oxygen atoms in total. The molecule has 0 bridgehead atoms. The first-order valence-corrected chi connectivity index (χ1v) is 5.52. The Bertz CT molecular complexity index is 702. The van der Waals surface area contributed by atoms with Crippen LogP contribution < -0.4 is 4.74 Å². The quantitative estimate of drug-likeness (QED) is 0.678. The van der Waals surface area contributed by atoms with Gasteiger partial charge < -0.3 is 9.84 Å². The number of phenols is 1. The molecule has 0 aliphatic heterocycles. The topological polar surface area (TPSA) is 109 Å². The van der Waals surface area contributed by atoms with Crippen molar-refractivity contribution in [2.45, 2.75) is 6.92 Å². The summed E-state index contributed by atoms with van der Waals surface area (Å²) in [6.07, 6.45) is 1.01. The zero-order valence-electron chi connectivity index (χ0n) is 10.4. The fourth-order valence-corrected chi connectivity index (χ4v) is 1.60. The largest absolute Gasteiger partial charge is 0.508 e. The number of phenolic OH excluding ortho intramolecular Hbond substituents is 1. The maximum atomic E-state index is 10.6. The number of benzene rings is 1. The Morgan fingerprint density at radius 1 is 1.40 bits per heavy atom. The minimum absolute atomic E-state index is 0.0143. The van der Waals surface area contributed by atoms with E-state index >= 15 is 0 Å². The highest BCUT2D eigenvalue weighted by Crippen LogP contribution is 2.28. The lowest BCUT2D eigenvalue weighted by Crippen LogP contribution is -1.95. The van der Waals surface area contributed by atoms with Gasteiger partial charge in [-0.1, -0.05) is 0 Å². The van der Waals surface area contributed by atoms with E-state index in [-0.39, 0.29) is 22.9 Å². The molecule has 100 valence electrons. The summed E-state index contributed by atoms with van der Waals surface area (Å²) in [6.45, 7) is 1.76. The van der Waals surface area contributed by atoms with Crippen molar-refractivity contribution < 1.29 is 14.8 Å². The van der Waals surface area contributed by atoms with E-state index in [1.807, 2.05) is 0 Å². The molecule has 0 amide bonds. The minimum Gasteiger partial charge on any atom is -0.508 e. The number of aromatic nitrogens is 1. The Balaban J connectivity index is 2.38. The molecule has 0 spiro atoms. The zero-order valence-corrected chi connectivity index (χ0v) is 10.4. The van der Waals surface area contributed by atoms with E-state index in [9.17, 15) is 15.2 Å². The first kappa shape index (κ1) is 13.3. The summed E-state index contributed by atoms with van der Waals surface area (Å²) >= 11 is 0. The molecular weight excluding hydrogens is 262 g/mol. The van der Waals surface area contributed by atoms with Crippen molar-refractivity contribution in [2.24, 2.45) is 0 Å². The predicted octanol–water partition coefficient (Wildman–Crippen LogP) is 2.67. The summed E-state index contributed by atoms with van der Waals surface area (Å²) < 4.78 is 5.38. The Morgan fingerprint density at radius 2 is 2.15 bits per heavy atom. The van der Waals surface area contributed by atoms with Gasteiger partial charge in [-0.25, -0.2) is 4.98 Å². The normalized spacial score (nSPS) is 9.80. The number of nitriles is 1. The van der Waals surface area contributed by atoms with E-state index < -0.39 is 4.92 Å². The summed E-state index contributed by atoms with van der Waals surface area (Å²) in [5.74, 6) is 0.254. The van der Waals surface area contributed by atoms with E-state index in [1.165, 1.54) is 6.07 Å². The second kappa shape index (κ2) is 5.24. The van der Waals surface area contributed by atoms with Gasteiger partial charge in [0.05, 0.1) is 4.92 Å². The fourth-order valence-electron chi connectivity index (χ4n) is 1.60. The van der Waals surface area contributed by atoms with Crippen LogP contribution in [0.25, 0.3) is 0 Å². The van der Waals surface area contributed by atoms with E-state index in [1.54, 1.807) is 25.1 Å². The number of rotatable bonds is 3. The third-order valence-corrected chi connectivity index (χ3v) is 2.42. The number of hydrogen-bond donors (Lipinski definition) is 1. The van der Waals surface area contributed by atoms with E-state index in [0.717, 1.165) is 17.8 Å². The Morgan fingerprint density at radius 3 is 2.75 bits per heavy atom. The van der Waals surface area contributed by atoms with E-state index in [4.69, 9.17) is 10.00 Å². The minimum atomic E-state index is -0.643. The lowest BCUT2D eigenvalue weighted by atomic mass is 10.2. The second-order valence-corrected chi connectivity index (χ2v) is 4.02. The number of aryl methyl sites for hydroxylation is 1. The third kappa shape index (κ3) is 2.81. The smallest absolute Gasteiger partial charge is 0.289 e. The molecule has 0 saturated heterocycles. The van der Waals surface area contributed by atoms with Gasteiger partial charge in [-0.2, -0.15) is 5.26 Å². The molecule has 2 aromatic rings. The van der Waals surface area contributed by atoms with Gasteiger partial charge in [-0.15, -0.1) is 0 Å². The second-order valence-electron chi connectivity index (χ2n) is 4.02. The van der Waals surface area contributed by atoms with Gasteiger partial charge in [0.2, 0.25) is 5.88 Å². The maximum Gasteiger partial charge on any atom is 0.289 e. The fraction of sp³-hybridized carbons (Fsp3) is 0.0769. The Hall–Kier alpha value is -3.14. The van der Waals surface area contributed by atoms with Crippen LogP contribution in [0.3, 0.4) is 0 Å². The number of hydrogen-bond acceptors (Lipinski definition) is 6. The summed E-state index contributed by atoms with van der Waals surface area (Å²) in [5, 5.41) is 29.0.